The molecule has 0 fully saturated rings. The third-order valence-corrected chi connectivity index (χ3v) is 2.99. The molecular formula is C10H20O4. The van der Waals surface area contributed by atoms with Crippen molar-refractivity contribution in [1.82, 2.24) is 0 Å². The molecule has 3 atom stereocenters. The first-order chi connectivity index (χ1) is 6.28. The van der Waals surface area contributed by atoms with E-state index in [1.807, 2.05) is 0 Å². The summed E-state index contributed by atoms with van der Waals surface area (Å²) >= 11 is 0. The van der Waals surface area contributed by atoms with E-state index < -0.39 is 17.5 Å². The van der Waals surface area contributed by atoms with Crippen molar-refractivity contribution < 1.29 is 19.7 Å². The molecule has 0 saturated carbocycles. The molecule has 0 aliphatic carbocycles. The van der Waals surface area contributed by atoms with Crippen LogP contribution in [0.4, 0.5) is 0 Å². The first-order valence-electron chi connectivity index (χ1n) is 4.77. The van der Waals surface area contributed by atoms with E-state index in [1.54, 1.807) is 27.7 Å². The van der Waals surface area contributed by atoms with Crippen molar-refractivity contribution in [2.75, 3.05) is 7.11 Å². The standard InChI is InChI=1S/C10H20O4/c1-6(2)10(13,9(11)12)7(3)8(4)14-5/h6-8,13H,1-5H3,(H,11,12). The zero-order valence-electron chi connectivity index (χ0n) is 9.44. The highest BCUT2D eigenvalue weighted by molar-refractivity contribution is 5.78. The third kappa shape index (κ3) is 2.25. The van der Waals surface area contributed by atoms with Gasteiger partial charge in [0.05, 0.1) is 6.10 Å². The summed E-state index contributed by atoms with van der Waals surface area (Å²) in [7, 11) is 1.50. The summed E-state index contributed by atoms with van der Waals surface area (Å²) < 4.78 is 5.04. The minimum absolute atomic E-state index is 0.293. The Morgan fingerprint density at radius 3 is 1.93 bits per heavy atom. The van der Waals surface area contributed by atoms with Crippen LogP contribution in [0.3, 0.4) is 0 Å². The molecule has 14 heavy (non-hydrogen) atoms. The molecule has 2 N–H and O–H groups in total. The Labute approximate surface area is 84.9 Å². The predicted molar refractivity (Wildman–Crippen MR) is 53.1 cm³/mol. The first-order valence-corrected chi connectivity index (χ1v) is 4.77. The SMILES string of the molecule is COC(C)C(C)C(O)(C(=O)O)C(C)C. The lowest BCUT2D eigenvalue weighted by molar-refractivity contribution is -0.177. The zero-order valence-corrected chi connectivity index (χ0v) is 9.44. The van der Waals surface area contributed by atoms with Gasteiger partial charge < -0.3 is 14.9 Å². The van der Waals surface area contributed by atoms with Crippen molar-refractivity contribution in [1.29, 1.82) is 0 Å². The number of ether oxygens (including phenoxy) is 1. The molecule has 0 radical (unpaired) electrons. The molecular weight excluding hydrogens is 184 g/mol. The first kappa shape index (κ1) is 13.4. The fourth-order valence-corrected chi connectivity index (χ4v) is 1.53. The highest BCUT2D eigenvalue weighted by Gasteiger charge is 2.46. The molecule has 0 aromatic rings. The average molecular weight is 204 g/mol. The number of carboxylic acids is 1. The molecule has 0 aliphatic heterocycles. The van der Waals surface area contributed by atoms with Crippen LogP contribution in [0.2, 0.25) is 0 Å². The molecule has 84 valence electrons. The van der Waals surface area contributed by atoms with E-state index in [-0.39, 0.29) is 12.0 Å². The predicted octanol–water partition coefficient (Wildman–Crippen LogP) is 1.13. The summed E-state index contributed by atoms with van der Waals surface area (Å²) in [5, 5.41) is 19.1. The van der Waals surface area contributed by atoms with Crippen LogP contribution in [0.5, 0.6) is 0 Å². The lowest BCUT2D eigenvalue weighted by Gasteiger charge is -2.36. The molecule has 0 saturated heterocycles. The highest BCUT2D eigenvalue weighted by atomic mass is 16.5. The second-order valence-corrected chi connectivity index (χ2v) is 4.01. The number of carboxylic acid groups (broad SMARTS) is 1. The van der Waals surface area contributed by atoms with E-state index in [0.717, 1.165) is 0 Å². The van der Waals surface area contributed by atoms with Gasteiger partial charge in [-0.05, 0) is 12.8 Å². The number of hydrogen-bond donors (Lipinski definition) is 2. The summed E-state index contributed by atoms with van der Waals surface area (Å²) in [5.74, 6) is -2.00. The zero-order chi connectivity index (χ0) is 11.5. The quantitative estimate of drug-likeness (QED) is 0.704. The van der Waals surface area contributed by atoms with E-state index in [0.29, 0.717) is 0 Å². The Morgan fingerprint density at radius 2 is 1.71 bits per heavy atom. The minimum atomic E-state index is -1.73. The van der Waals surface area contributed by atoms with Gasteiger partial charge in [0, 0.05) is 13.0 Å². The molecule has 0 heterocycles. The van der Waals surface area contributed by atoms with E-state index in [1.165, 1.54) is 7.11 Å². The number of hydrogen-bond acceptors (Lipinski definition) is 3. The largest absolute Gasteiger partial charge is 0.479 e. The fourth-order valence-electron chi connectivity index (χ4n) is 1.53. The van der Waals surface area contributed by atoms with Crippen molar-refractivity contribution in [2.24, 2.45) is 11.8 Å². The Morgan fingerprint density at radius 1 is 1.29 bits per heavy atom. The van der Waals surface area contributed by atoms with Crippen LogP contribution >= 0.6 is 0 Å². The Bertz CT molecular complexity index is 202. The molecule has 0 aromatic carbocycles. The van der Waals surface area contributed by atoms with Crippen molar-refractivity contribution in [3.8, 4) is 0 Å². The Hall–Kier alpha value is -0.610. The van der Waals surface area contributed by atoms with Gasteiger partial charge >= 0.3 is 5.97 Å². The van der Waals surface area contributed by atoms with Crippen LogP contribution in [-0.4, -0.2) is 35.0 Å². The summed E-state index contributed by atoms with van der Waals surface area (Å²) in [6, 6.07) is 0. The van der Waals surface area contributed by atoms with Crippen molar-refractivity contribution in [3.63, 3.8) is 0 Å². The van der Waals surface area contributed by atoms with Gasteiger partial charge in [-0.25, -0.2) is 4.79 Å². The van der Waals surface area contributed by atoms with E-state index in [9.17, 15) is 9.90 Å². The second-order valence-electron chi connectivity index (χ2n) is 4.01. The molecule has 0 aromatic heterocycles. The van der Waals surface area contributed by atoms with E-state index in [2.05, 4.69) is 0 Å². The topological polar surface area (TPSA) is 66.8 Å². The fraction of sp³-hybridized carbons (Fsp3) is 0.900. The average Bonchev–Trinajstić information content (AvgIpc) is 2.13. The lowest BCUT2D eigenvalue weighted by atomic mass is 9.77. The summed E-state index contributed by atoms with van der Waals surface area (Å²) in [6.07, 6.45) is -0.293. The monoisotopic (exact) mass is 204 g/mol. The molecule has 0 aliphatic rings. The van der Waals surface area contributed by atoms with Crippen LogP contribution in [0, 0.1) is 11.8 Å². The summed E-state index contributed by atoms with van der Waals surface area (Å²) in [4.78, 5) is 11.0. The molecule has 4 heteroatoms. The van der Waals surface area contributed by atoms with Crippen molar-refractivity contribution in [3.05, 3.63) is 0 Å². The maximum absolute atomic E-state index is 11.0. The molecule has 3 unspecified atom stereocenters. The molecule has 0 bridgehead atoms. The van der Waals surface area contributed by atoms with Gasteiger partial charge in [0.25, 0.3) is 0 Å². The molecule has 0 amide bonds. The third-order valence-electron chi connectivity index (χ3n) is 2.99. The Kier molecular flexibility index (Phi) is 4.55. The van der Waals surface area contributed by atoms with Crippen LogP contribution in [-0.2, 0) is 9.53 Å². The summed E-state index contributed by atoms with van der Waals surface area (Å²) in [6.45, 7) is 6.81. The number of carbonyl (C=O) groups is 1. The maximum Gasteiger partial charge on any atom is 0.336 e. The minimum Gasteiger partial charge on any atom is -0.479 e. The van der Waals surface area contributed by atoms with Gasteiger partial charge in [0.15, 0.2) is 5.60 Å². The second kappa shape index (κ2) is 4.75. The Balaban J connectivity index is 4.92. The van der Waals surface area contributed by atoms with Crippen LogP contribution in [0.25, 0.3) is 0 Å². The van der Waals surface area contributed by atoms with Crippen LogP contribution in [0.1, 0.15) is 27.7 Å². The number of rotatable bonds is 5. The lowest BCUT2D eigenvalue weighted by Crippen LogP contribution is -2.53. The summed E-state index contributed by atoms with van der Waals surface area (Å²) in [5.41, 5.74) is -1.73. The van der Waals surface area contributed by atoms with Gasteiger partial charge in [-0.1, -0.05) is 20.8 Å². The number of aliphatic hydroxyl groups is 1. The smallest absolute Gasteiger partial charge is 0.336 e. The number of aliphatic carboxylic acids is 1. The van der Waals surface area contributed by atoms with Crippen molar-refractivity contribution in [2.45, 2.75) is 39.4 Å². The van der Waals surface area contributed by atoms with Gasteiger partial charge in [-0.2, -0.15) is 0 Å². The molecule has 0 rings (SSSR count). The van der Waals surface area contributed by atoms with E-state index in [4.69, 9.17) is 9.84 Å². The van der Waals surface area contributed by atoms with Gasteiger partial charge in [-0.3, -0.25) is 0 Å². The highest BCUT2D eigenvalue weighted by Crippen LogP contribution is 2.30. The van der Waals surface area contributed by atoms with Crippen LogP contribution < -0.4 is 0 Å². The van der Waals surface area contributed by atoms with Crippen molar-refractivity contribution >= 4 is 5.97 Å². The van der Waals surface area contributed by atoms with Gasteiger partial charge in [0.1, 0.15) is 0 Å². The molecule has 4 nitrogen and oxygen atoms in total. The number of methoxy groups -OCH3 is 1. The maximum atomic E-state index is 11.0. The van der Waals surface area contributed by atoms with Crippen LogP contribution in [0.15, 0.2) is 0 Å². The van der Waals surface area contributed by atoms with Gasteiger partial charge in [-0.15, -0.1) is 0 Å². The van der Waals surface area contributed by atoms with Gasteiger partial charge in [0.2, 0.25) is 0 Å². The molecule has 0 spiro atoms. The normalized spacial score (nSPS) is 20.2. The van der Waals surface area contributed by atoms with E-state index >= 15 is 0 Å².